The molecule has 0 aliphatic heterocycles. The fourth-order valence-electron chi connectivity index (χ4n) is 1.57. The van der Waals surface area contributed by atoms with Crippen molar-refractivity contribution in [3.8, 4) is 0 Å². The van der Waals surface area contributed by atoms with Crippen LogP contribution >= 0.6 is 11.3 Å². The van der Waals surface area contributed by atoms with Crippen molar-refractivity contribution in [3.63, 3.8) is 0 Å². The van der Waals surface area contributed by atoms with E-state index in [-0.39, 0.29) is 11.4 Å². The lowest BCUT2D eigenvalue weighted by molar-refractivity contribution is -0.141. The summed E-state index contributed by atoms with van der Waals surface area (Å²) in [6, 6.07) is 1.60. The summed E-state index contributed by atoms with van der Waals surface area (Å²) in [5, 5.41) is 8.87. The number of carbonyl (C=O) groups is 1. The highest BCUT2D eigenvalue weighted by Crippen LogP contribution is 2.24. The normalized spacial score (nSPS) is 13.5. The van der Waals surface area contributed by atoms with E-state index in [0.717, 1.165) is 4.88 Å². The molecule has 0 aliphatic rings. The molecule has 5 nitrogen and oxygen atoms in total. The molecule has 0 saturated carbocycles. The fraction of sp³-hybridized carbons (Fsp3) is 0.545. The Morgan fingerprint density at radius 1 is 1.50 bits per heavy atom. The van der Waals surface area contributed by atoms with E-state index < -0.39 is 21.9 Å². The zero-order valence-electron chi connectivity index (χ0n) is 10.6. The van der Waals surface area contributed by atoms with Gasteiger partial charge in [-0.2, -0.15) is 0 Å². The van der Waals surface area contributed by atoms with E-state index in [1.165, 1.54) is 11.3 Å². The van der Waals surface area contributed by atoms with Crippen molar-refractivity contribution in [2.75, 3.05) is 6.54 Å². The number of thiophene rings is 1. The predicted octanol–water partition coefficient (Wildman–Crippen LogP) is 1.75. The van der Waals surface area contributed by atoms with Crippen LogP contribution in [0.2, 0.25) is 0 Å². The van der Waals surface area contributed by atoms with Crippen LogP contribution in [0.1, 0.15) is 23.1 Å². The number of hydrogen-bond acceptors (Lipinski definition) is 4. The Hall–Kier alpha value is -0.920. The molecule has 0 aromatic carbocycles. The molecule has 1 heterocycles. The number of carboxylic acids is 1. The van der Waals surface area contributed by atoms with Crippen LogP contribution in [0.5, 0.6) is 0 Å². The molecule has 0 amide bonds. The summed E-state index contributed by atoms with van der Waals surface area (Å²) >= 11 is 1.41. The highest BCUT2D eigenvalue weighted by molar-refractivity contribution is 7.89. The summed E-state index contributed by atoms with van der Waals surface area (Å²) in [5.74, 6) is -1.68. The van der Waals surface area contributed by atoms with Crippen molar-refractivity contribution in [2.24, 2.45) is 5.92 Å². The van der Waals surface area contributed by atoms with Gasteiger partial charge in [-0.1, -0.05) is 6.92 Å². The molecular formula is C11H17NO4S2. The second-order valence-electron chi connectivity index (χ2n) is 4.07. The van der Waals surface area contributed by atoms with Gasteiger partial charge in [0.25, 0.3) is 0 Å². The summed E-state index contributed by atoms with van der Waals surface area (Å²) < 4.78 is 26.4. The van der Waals surface area contributed by atoms with Gasteiger partial charge in [-0.05, 0) is 26.3 Å². The van der Waals surface area contributed by atoms with Crippen LogP contribution in [0, 0.1) is 19.8 Å². The van der Waals surface area contributed by atoms with E-state index in [1.54, 1.807) is 19.9 Å². The molecule has 102 valence electrons. The van der Waals surface area contributed by atoms with Gasteiger partial charge in [0.2, 0.25) is 10.0 Å². The van der Waals surface area contributed by atoms with Gasteiger partial charge in [0.05, 0.1) is 10.8 Å². The quantitative estimate of drug-likeness (QED) is 0.836. The third kappa shape index (κ3) is 3.54. The van der Waals surface area contributed by atoms with Crippen LogP contribution < -0.4 is 4.72 Å². The van der Waals surface area contributed by atoms with Crippen LogP contribution in [0.4, 0.5) is 0 Å². The largest absolute Gasteiger partial charge is 0.481 e. The lowest BCUT2D eigenvalue weighted by atomic mass is 10.1. The molecule has 1 rings (SSSR count). The predicted molar refractivity (Wildman–Crippen MR) is 70.4 cm³/mol. The highest BCUT2D eigenvalue weighted by Gasteiger charge is 2.22. The molecular weight excluding hydrogens is 274 g/mol. The van der Waals surface area contributed by atoms with Crippen LogP contribution in [-0.4, -0.2) is 26.0 Å². The second kappa shape index (κ2) is 5.81. The molecule has 0 aliphatic carbocycles. The monoisotopic (exact) mass is 291 g/mol. The van der Waals surface area contributed by atoms with Crippen LogP contribution in [0.15, 0.2) is 11.0 Å². The summed E-state index contributed by atoms with van der Waals surface area (Å²) in [6.07, 6.45) is 0.388. The third-order valence-corrected chi connectivity index (χ3v) is 5.29. The number of rotatable bonds is 6. The van der Waals surface area contributed by atoms with Gasteiger partial charge in [-0.25, -0.2) is 13.1 Å². The minimum absolute atomic E-state index is 0.0809. The average molecular weight is 291 g/mol. The van der Waals surface area contributed by atoms with Gasteiger partial charge in [-0.15, -0.1) is 11.3 Å². The first-order valence-electron chi connectivity index (χ1n) is 5.57. The molecule has 0 fully saturated rings. The molecule has 1 aromatic rings. The molecule has 1 aromatic heterocycles. The van der Waals surface area contributed by atoms with E-state index in [0.29, 0.717) is 11.3 Å². The lowest BCUT2D eigenvalue weighted by Gasteiger charge is -2.11. The second-order valence-corrected chi connectivity index (χ2v) is 7.27. The van der Waals surface area contributed by atoms with Gasteiger partial charge in [0.15, 0.2) is 0 Å². The smallest absolute Gasteiger partial charge is 0.307 e. The molecule has 0 bridgehead atoms. The summed E-state index contributed by atoms with van der Waals surface area (Å²) in [6.45, 7) is 5.21. The molecule has 0 spiro atoms. The number of aryl methyl sites for hydroxylation is 2. The maximum atomic E-state index is 12.0. The maximum Gasteiger partial charge on any atom is 0.307 e. The van der Waals surface area contributed by atoms with Crippen LogP contribution in [0.25, 0.3) is 0 Å². The summed E-state index contributed by atoms with van der Waals surface area (Å²) in [4.78, 5) is 12.7. The topological polar surface area (TPSA) is 83.5 Å². The molecule has 1 unspecified atom stereocenters. The standard InChI is InChI=1S/C11H17NO4S2/c1-4-9(11(13)14)6-12-18(15,16)10-5-7(2)17-8(10)3/h5,9,12H,4,6H2,1-3H3,(H,13,14). The Bertz CT molecular complexity index is 533. The van der Waals surface area contributed by atoms with E-state index in [2.05, 4.69) is 4.72 Å². The zero-order valence-corrected chi connectivity index (χ0v) is 12.2. The Morgan fingerprint density at radius 2 is 2.11 bits per heavy atom. The maximum absolute atomic E-state index is 12.0. The first kappa shape index (κ1) is 15.1. The van der Waals surface area contributed by atoms with E-state index in [1.807, 2.05) is 6.92 Å². The fourth-order valence-corrected chi connectivity index (χ4v) is 4.20. The molecule has 18 heavy (non-hydrogen) atoms. The van der Waals surface area contributed by atoms with Gasteiger partial charge >= 0.3 is 5.97 Å². The molecule has 0 radical (unpaired) electrons. The van der Waals surface area contributed by atoms with Crippen molar-refractivity contribution in [1.29, 1.82) is 0 Å². The minimum atomic E-state index is -3.61. The lowest BCUT2D eigenvalue weighted by Crippen LogP contribution is -2.32. The molecule has 0 saturated heterocycles. The van der Waals surface area contributed by atoms with Gasteiger partial charge in [0.1, 0.15) is 0 Å². The van der Waals surface area contributed by atoms with Crippen molar-refractivity contribution in [3.05, 3.63) is 15.8 Å². The Labute approximate surface area is 111 Å². The van der Waals surface area contributed by atoms with Crippen LogP contribution in [0.3, 0.4) is 0 Å². The third-order valence-electron chi connectivity index (χ3n) is 2.65. The number of aliphatic carboxylic acids is 1. The van der Waals surface area contributed by atoms with Gasteiger partial charge in [0, 0.05) is 16.3 Å². The van der Waals surface area contributed by atoms with Crippen molar-refractivity contribution in [1.82, 2.24) is 4.72 Å². The number of carboxylic acid groups (broad SMARTS) is 1. The van der Waals surface area contributed by atoms with Crippen molar-refractivity contribution < 1.29 is 18.3 Å². The number of nitrogens with one attached hydrogen (secondary N) is 1. The minimum Gasteiger partial charge on any atom is -0.481 e. The highest BCUT2D eigenvalue weighted by atomic mass is 32.2. The Kier molecular flexibility index (Phi) is 4.89. The van der Waals surface area contributed by atoms with E-state index in [4.69, 9.17) is 5.11 Å². The van der Waals surface area contributed by atoms with Gasteiger partial charge in [-0.3, -0.25) is 4.79 Å². The van der Waals surface area contributed by atoms with E-state index >= 15 is 0 Å². The molecule has 1 atom stereocenters. The number of hydrogen-bond donors (Lipinski definition) is 2. The van der Waals surface area contributed by atoms with E-state index in [9.17, 15) is 13.2 Å². The zero-order chi connectivity index (χ0) is 13.9. The summed E-state index contributed by atoms with van der Waals surface area (Å²) in [5.41, 5.74) is 0. The Balaban J connectivity index is 2.83. The molecule has 2 N–H and O–H groups in total. The van der Waals surface area contributed by atoms with Crippen LogP contribution in [-0.2, 0) is 14.8 Å². The molecule has 7 heteroatoms. The average Bonchev–Trinajstić information content (AvgIpc) is 2.58. The first-order chi connectivity index (χ1) is 8.27. The Morgan fingerprint density at radius 3 is 2.50 bits per heavy atom. The number of sulfonamides is 1. The summed E-state index contributed by atoms with van der Waals surface area (Å²) in [7, 11) is -3.61. The van der Waals surface area contributed by atoms with Gasteiger partial charge < -0.3 is 5.11 Å². The van der Waals surface area contributed by atoms with Crippen molar-refractivity contribution in [2.45, 2.75) is 32.1 Å². The van der Waals surface area contributed by atoms with Crippen molar-refractivity contribution >= 4 is 27.3 Å². The SMILES string of the molecule is CCC(CNS(=O)(=O)c1cc(C)sc1C)C(=O)O. The first-order valence-corrected chi connectivity index (χ1v) is 7.87.